The molecule has 3 amide bonds. The molecule has 1 saturated carbocycles. The summed E-state index contributed by atoms with van der Waals surface area (Å²) in [7, 11) is 0. The fourth-order valence-corrected chi connectivity index (χ4v) is 5.54. The molecule has 4 N–H and O–H groups in total. The summed E-state index contributed by atoms with van der Waals surface area (Å²) in [5, 5.41) is 5.35. The minimum absolute atomic E-state index is 0.00553. The van der Waals surface area contributed by atoms with Gasteiger partial charge in [0.15, 0.2) is 0 Å². The number of hydrogen-bond acceptors (Lipinski definition) is 5. The Hall–Kier alpha value is -2.22. The van der Waals surface area contributed by atoms with Crippen LogP contribution in [0.15, 0.2) is 12.7 Å². The van der Waals surface area contributed by atoms with Crippen LogP contribution in [0, 0.1) is 17.8 Å². The fourth-order valence-electron chi connectivity index (χ4n) is 5.54. The zero-order valence-corrected chi connectivity index (χ0v) is 21.9. The molecule has 0 aromatic rings. The minimum atomic E-state index is -0.920. The number of nitrogens with one attached hydrogen (secondary N) is 2. The number of nitrogens with two attached hydrogens (primary N) is 1. The van der Waals surface area contributed by atoms with Gasteiger partial charge in [-0.25, -0.2) is 0 Å². The Morgan fingerprint density at radius 2 is 1.80 bits per heavy atom. The fraction of sp³-hybridized carbons (Fsp3) is 0.778. The van der Waals surface area contributed by atoms with Crippen LogP contribution in [0.2, 0.25) is 0 Å². The maximum Gasteiger partial charge on any atom is 0.289 e. The van der Waals surface area contributed by atoms with Crippen LogP contribution in [0.4, 0.5) is 0 Å². The van der Waals surface area contributed by atoms with Crippen molar-refractivity contribution in [1.82, 2.24) is 15.5 Å². The Balaban J connectivity index is 2.21. The molecule has 2 fully saturated rings. The van der Waals surface area contributed by atoms with Gasteiger partial charge in [0.1, 0.15) is 6.04 Å². The van der Waals surface area contributed by atoms with Crippen LogP contribution in [0.5, 0.6) is 0 Å². The van der Waals surface area contributed by atoms with Crippen molar-refractivity contribution < 1.29 is 19.2 Å². The predicted molar refractivity (Wildman–Crippen MR) is 137 cm³/mol. The molecule has 0 aromatic carbocycles. The Bertz CT molecular complexity index is 747. The molecule has 0 radical (unpaired) electrons. The number of likely N-dealkylation sites (tertiary alicyclic amines) is 1. The normalized spacial score (nSPS) is 22.5. The van der Waals surface area contributed by atoms with Crippen molar-refractivity contribution in [2.75, 3.05) is 13.1 Å². The van der Waals surface area contributed by atoms with Crippen molar-refractivity contribution in [1.29, 1.82) is 0 Å². The Labute approximate surface area is 210 Å². The third kappa shape index (κ3) is 8.16. The lowest BCUT2D eigenvalue weighted by Gasteiger charge is -2.34. The molecule has 1 aliphatic heterocycles. The van der Waals surface area contributed by atoms with E-state index in [2.05, 4.69) is 31.1 Å². The van der Waals surface area contributed by atoms with Crippen molar-refractivity contribution in [3.8, 4) is 0 Å². The third-order valence-corrected chi connectivity index (χ3v) is 7.40. The van der Waals surface area contributed by atoms with E-state index in [1.165, 1.54) is 12.5 Å². The number of rotatable bonds is 13. The number of amides is 3. The number of nitrogens with zero attached hydrogens (tertiary/aromatic N) is 1. The van der Waals surface area contributed by atoms with Crippen LogP contribution in [0.25, 0.3) is 0 Å². The van der Waals surface area contributed by atoms with Gasteiger partial charge in [0.2, 0.25) is 17.6 Å². The largest absolute Gasteiger partial charge is 0.346 e. The highest BCUT2D eigenvalue weighted by Gasteiger charge is 2.45. The maximum atomic E-state index is 13.6. The topological polar surface area (TPSA) is 122 Å². The average molecular weight is 491 g/mol. The molecule has 1 aliphatic carbocycles. The zero-order valence-electron chi connectivity index (χ0n) is 21.9. The summed E-state index contributed by atoms with van der Waals surface area (Å²) >= 11 is 0. The maximum absolute atomic E-state index is 13.6. The molecule has 1 saturated heterocycles. The highest BCUT2D eigenvalue weighted by Crippen LogP contribution is 2.33. The molecule has 8 nitrogen and oxygen atoms in total. The molecule has 35 heavy (non-hydrogen) atoms. The Kier molecular flexibility index (Phi) is 11.9. The van der Waals surface area contributed by atoms with Crippen LogP contribution >= 0.6 is 0 Å². The molecule has 0 bridgehead atoms. The second kappa shape index (κ2) is 14.4. The van der Waals surface area contributed by atoms with Crippen molar-refractivity contribution in [2.24, 2.45) is 23.5 Å². The summed E-state index contributed by atoms with van der Waals surface area (Å²) in [5.41, 5.74) is 6.44. The average Bonchev–Trinajstić information content (AvgIpc) is 3.26. The lowest BCUT2D eigenvalue weighted by atomic mass is 9.83. The van der Waals surface area contributed by atoms with E-state index in [0.29, 0.717) is 25.3 Å². The highest BCUT2D eigenvalue weighted by atomic mass is 16.2. The van der Waals surface area contributed by atoms with Crippen LogP contribution in [0.1, 0.15) is 85.0 Å². The minimum Gasteiger partial charge on any atom is -0.346 e. The van der Waals surface area contributed by atoms with E-state index in [9.17, 15) is 19.2 Å². The van der Waals surface area contributed by atoms with Gasteiger partial charge in [-0.15, -0.1) is 6.58 Å². The molecule has 0 aromatic heterocycles. The number of unbranched alkanes of at least 4 members (excludes halogenated alkanes) is 1. The van der Waals surface area contributed by atoms with Crippen molar-refractivity contribution in [3.05, 3.63) is 12.7 Å². The molecule has 0 spiro atoms. The lowest BCUT2D eigenvalue weighted by Crippen LogP contribution is -2.57. The smallest absolute Gasteiger partial charge is 0.289 e. The molecule has 4 atom stereocenters. The number of Topliss-reactive ketones (excluding diaryl/α,β-unsaturated/α-hetero) is 1. The summed E-state index contributed by atoms with van der Waals surface area (Å²) in [6.07, 6.45) is 10.2. The van der Waals surface area contributed by atoms with Gasteiger partial charge >= 0.3 is 0 Å². The number of hydrogen-bond donors (Lipinski definition) is 3. The molecule has 198 valence electrons. The van der Waals surface area contributed by atoms with Crippen LogP contribution < -0.4 is 16.4 Å². The van der Waals surface area contributed by atoms with E-state index in [-0.39, 0.29) is 30.2 Å². The van der Waals surface area contributed by atoms with Crippen molar-refractivity contribution >= 4 is 23.5 Å². The lowest BCUT2D eigenvalue weighted by molar-refractivity contribution is -0.144. The van der Waals surface area contributed by atoms with E-state index < -0.39 is 29.8 Å². The molecule has 8 heteroatoms. The first-order valence-electron chi connectivity index (χ1n) is 13.5. The van der Waals surface area contributed by atoms with Gasteiger partial charge in [0, 0.05) is 13.1 Å². The molecule has 2 rings (SSSR count). The SMILES string of the molecule is C=CCNC(=O)C(=O)C(CCCC)NC(=O)[C@@H]1[C@@H](CC(C)C)CCN1C(=O)[C@@H](N)C1CCCCC1. The van der Waals surface area contributed by atoms with E-state index in [0.717, 1.165) is 44.9 Å². The summed E-state index contributed by atoms with van der Waals surface area (Å²) in [6, 6.07) is -2.20. The number of carbonyl (C=O) groups is 4. The summed E-state index contributed by atoms with van der Waals surface area (Å²) in [5.74, 6) is -1.41. The summed E-state index contributed by atoms with van der Waals surface area (Å²) in [6.45, 7) is 10.4. The Morgan fingerprint density at radius 3 is 2.40 bits per heavy atom. The van der Waals surface area contributed by atoms with Gasteiger partial charge in [0.25, 0.3) is 5.91 Å². The van der Waals surface area contributed by atoms with Crippen LogP contribution in [0.3, 0.4) is 0 Å². The second-order valence-electron chi connectivity index (χ2n) is 10.6. The van der Waals surface area contributed by atoms with Gasteiger partial charge in [-0.2, -0.15) is 0 Å². The second-order valence-corrected chi connectivity index (χ2v) is 10.6. The predicted octanol–water partition coefficient (Wildman–Crippen LogP) is 2.70. The van der Waals surface area contributed by atoms with Gasteiger partial charge < -0.3 is 21.3 Å². The molecular formula is C27H46N4O4. The van der Waals surface area contributed by atoms with E-state index >= 15 is 0 Å². The first kappa shape index (κ1) is 29.0. The van der Waals surface area contributed by atoms with E-state index in [1.54, 1.807) is 4.90 Å². The number of ketones is 1. The first-order valence-corrected chi connectivity index (χ1v) is 13.5. The van der Waals surface area contributed by atoms with Gasteiger partial charge in [0.05, 0.1) is 12.1 Å². The van der Waals surface area contributed by atoms with Crippen LogP contribution in [-0.4, -0.2) is 59.6 Å². The van der Waals surface area contributed by atoms with E-state index in [4.69, 9.17) is 5.73 Å². The molecule has 1 heterocycles. The monoisotopic (exact) mass is 490 g/mol. The molecular weight excluding hydrogens is 444 g/mol. The summed E-state index contributed by atoms with van der Waals surface area (Å²) < 4.78 is 0. The van der Waals surface area contributed by atoms with Gasteiger partial charge in [-0.05, 0) is 49.9 Å². The standard InChI is InChI=1S/C27H46N4O4/c1-5-7-13-21(24(32)26(34)29-15-6-2)30-25(33)23-20(17-18(3)4)14-16-31(23)27(35)22(28)19-11-9-8-10-12-19/h6,18-23H,2,5,7-17,28H2,1,3-4H3,(H,29,34)(H,30,33)/t20-,21?,22+,23+/m1/s1. The summed E-state index contributed by atoms with van der Waals surface area (Å²) in [4.78, 5) is 53.9. The van der Waals surface area contributed by atoms with Gasteiger partial charge in [-0.1, -0.05) is 59.0 Å². The zero-order chi connectivity index (χ0) is 26.0. The highest BCUT2D eigenvalue weighted by molar-refractivity contribution is 6.38. The van der Waals surface area contributed by atoms with Crippen molar-refractivity contribution in [3.63, 3.8) is 0 Å². The molecule has 2 aliphatic rings. The van der Waals surface area contributed by atoms with Gasteiger partial charge in [-0.3, -0.25) is 19.2 Å². The number of carbonyl (C=O) groups excluding carboxylic acids is 4. The van der Waals surface area contributed by atoms with Crippen LogP contribution in [-0.2, 0) is 19.2 Å². The first-order chi connectivity index (χ1) is 16.7. The Morgan fingerprint density at radius 1 is 1.11 bits per heavy atom. The van der Waals surface area contributed by atoms with Crippen molar-refractivity contribution in [2.45, 2.75) is 103 Å². The molecule has 1 unspecified atom stereocenters. The third-order valence-electron chi connectivity index (χ3n) is 7.40. The van der Waals surface area contributed by atoms with E-state index in [1.807, 2.05) is 6.92 Å². The quantitative estimate of drug-likeness (QED) is 0.271.